The van der Waals surface area contributed by atoms with Crippen molar-refractivity contribution >= 4 is 17.7 Å². The molecule has 3 atom stereocenters. The van der Waals surface area contributed by atoms with Crippen molar-refractivity contribution in [3.05, 3.63) is 88.7 Å². The molecule has 7 nitrogen and oxygen atoms in total. The second kappa shape index (κ2) is 12.4. The van der Waals surface area contributed by atoms with E-state index in [-0.39, 0.29) is 29.2 Å². The van der Waals surface area contributed by atoms with Crippen molar-refractivity contribution in [3.8, 4) is 11.5 Å². The number of Topliss-reactive ketones (excluding diaryl/α,β-unsaturated/α-hetero) is 1. The quantitative estimate of drug-likeness (QED) is 0.252. The number of carbonyl (C=O) groups excluding carboxylic acids is 3. The van der Waals surface area contributed by atoms with E-state index in [9.17, 15) is 23.2 Å². The van der Waals surface area contributed by atoms with Crippen LogP contribution in [0.3, 0.4) is 0 Å². The largest absolute Gasteiger partial charge is 0.493 e. The summed E-state index contributed by atoms with van der Waals surface area (Å²) in [6.07, 6.45) is 0.183. The van der Waals surface area contributed by atoms with Crippen LogP contribution in [0.25, 0.3) is 0 Å². The number of esters is 2. The summed E-state index contributed by atoms with van der Waals surface area (Å²) >= 11 is 0. The molecule has 1 heterocycles. The number of rotatable bonds is 10. The molecule has 0 saturated heterocycles. The lowest BCUT2D eigenvalue weighted by molar-refractivity contribution is -0.153. The number of nitrogens with zero attached hydrogens (tertiary/aromatic N) is 1. The Morgan fingerprint density at radius 1 is 1.00 bits per heavy atom. The monoisotopic (exact) mass is 525 g/mol. The van der Waals surface area contributed by atoms with Gasteiger partial charge in [0.25, 0.3) is 0 Å². The van der Waals surface area contributed by atoms with Crippen molar-refractivity contribution in [2.45, 2.75) is 46.1 Å². The zero-order valence-corrected chi connectivity index (χ0v) is 21.8. The third kappa shape index (κ3) is 6.79. The minimum atomic E-state index is -0.903. The summed E-state index contributed by atoms with van der Waals surface area (Å²) in [7, 11) is 1.35. The summed E-state index contributed by atoms with van der Waals surface area (Å²) in [4.78, 5) is 41.5. The average Bonchev–Trinajstić information content (AvgIpc) is 2.86. The Morgan fingerprint density at radius 2 is 1.68 bits per heavy atom. The van der Waals surface area contributed by atoms with Crippen LogP contribution >= 0.6 is 0 Å². The standard InChI is InChI=1S/C29H29F2NO6/c1-16-6-8-20(9-7-16)26(22-11-10-21(30)15-23(22)31)18(3)37-29(35)17(2)14-24(34)27-28(38-19(4)33)25(36-5)12-13-32-27/h6-13,15,17-18,26H,14H2,1-5H3/t17-,18+,26+/m1/s1. The molecule has 0 radical (unpaired) electrons. The van der Waals surface area contributed by atoms with E-state index in [0.717, 1.165) is 17.7 Å². The second-order valence-electron chi connectivity index (χ2n) is 9.01. The normalized spacial score (nSPS) is 13.2. The summed E-state index contributed by atoms with van der Waals surface area (Å²) in [5.74, 6) is -5.01. The number of ether oxygens (including phenoxy) is 3. The Bertz CT molecular complexity index is 1330. The molecule has 3 aromatic rings. The molecular formula is C29H29F2NO6. The summed E-state index contributed by atoms with van der Waals surface area (Å²) < 4.78 is 44.4. The highest BCUT2D eigenvalue weighted by molar-refractivity contribution is 5.99. The lowest BCUT2D eigenvalue weighted by atomic mass is 9.86. The summed E-state index contributed by atoms with van der Waals surface area (Å²) in [6, 6.07) is 12.0. The van der Waals surface area contributed by atoms with E-state index in [2.05, 4.69) is 4.98 Å². The number of hydrogen-bond donors (Lipinski definition) is 0. The van der Waals surface area contributed by atoms with Gasteiger partial charge in [0, 0.05) is 37.6 Å². The Labute approximate surface area is 219 Å². The Hall–Kier alpha value is -4.14. The van der Waals surface area contributed by atoms with Crippen molar-refractivity contribution < 1.29 is 37.4 Å². The van der Waals surface area contributed by atoms with E-state index < -0.39 is 47.3 Å². The maximum absolute atomic E-state index is 14.8. The van der Waals surface area contributed by atoms with Crippen LogP contribution in [0.4, 0.5) is 8.78 Å². The first kappa shape index (κ1) is 28.4. The van der Waals surface area contributed by atoms with Gasteiger partial charge in [-0.05, 0) is 31.0 Å². The van der Waals surface area contributed by atoms with Crippen LogP contribution in [0, 0.1) is 24.5 Å². The predicted molar refractivity (Wildman–Crippen MR) is 135 cm³/mol. The van der Waals surface area contributed by atoms with Gasteiger partial charge in [0.15, 0.2) is 17.2 Å². The van der Waals surface area contributed by atoms with Gasteiger partial charge < -0.3 is 14.2 Å². The van der Waals surface area contributed by atoms with Crippen molar-refractivity contribution in [1.29, 1.82) is 0 Å². The van der Waals surface area contributed by atoms with Gasteiger partial charge in [-0.1, -0.05) is 42.8 Å². The van der Waals surface area contributed by atoms with E-state index in [1.165, 1.54) is 39.3 Å². The molecule has 0 aliphatic heterocycles. The van der Waals surface area contributed by atoms with Crippen LogP contribution in [0.5, 0.6) is 11.5 Å². The first-order chi connectivity index (χ1) is 18.0. The highest BCUT2D eigenvalue weighted by Gasteiger charge is 2.31. The highest BCUT2D eigenvalue weighted by Crippen LogP contribution is 2.34. The molecule has 0 aliphatic carbocycles. The molecule has 200 valence electrons. The maximum Gasteiger partial charge on any atom is 0.309 e. The number of aryl methyl sites for hydroxylation is 1. The zero-order chi connectivity index (χ0) is 28.0. The van der Waals surface area contributed by atoms with Crippen LogP contribution in [-0.4, -0.2) is 35.9 Å². The van der Waals surface area contributed by atoms with Gasteiger partial charge in [0.2, 0.25) is 5.75 Å². The van der Waals surface area contributed by atoms with Crippen molar-refractivity contribution in [2.24, 2.45) is 5.92 Å². The minimum absolute atomic E-state index is 0.132. The molecule has 0 fully saturated rings. The van der Waals surface area contributed by atoms with Gasteiger partial charge >= 0.3 is 11.9 Å². The van der Waals surface area contributed by atoms with Gasteiger partial charge in [-0.25, -0.2) is 13.8 Å². The molecule has 0 saturated carbocycles. The summed E-state index contributed by atoms with van der Waals surface area (Å²) in [6.45, 7) is 6.21. The SMILES string of the molecule is COc1ccnc(C(=O)C[C@@H](C)C(=O)O[C@@H](C)[C@@H](c2ccc(C)cc2)c2ccc(F)cc2F)c1OC(C)=O. The van der Waals surface area contributed by atoms with Gasteiger partial charge in [0.05, 0.1) is 13.0 Å². The zero-order valence-electron chi connectivity index (χ0n) is 21.8. The minimum Gasteiger partial charge on any atom is -0.493 e. The summed E-state index contributed by atoms with van der Waals surface area (Å²) in [5.41, 5.74) is 1.68. The molecule has 1 aromatic heterocycles. The fourth-order valence-corrected chi connectivity index (χ4v) is 4.09. The van der Waals surface area contributed by atoms with E-state index in [1.54, 1.807) is 19.1 Å². The molecule has 0 amide bonds. The fraction of sp³-hybridized carbons (Fsp3) is 0.310. The molecule has 0 N–H and O–H groups in total. The van der Waals surface area contributed by atoms with Gasteiger partial charge in [0.1, 0.15) is 17.7 Å². The van der Waals surface area contributed by atoms with E-state index in [4.69, 9.17) is 14.2 Å². The highest BCUT2D eigenvalue weighted by atomic mass is 19.1. The molecule has 0 unspecified atom stereocenters. The smallest absolute Gasteiger partial charge is 0.309 e. The first-order valence-electron chi connectivity index (χ1n) is 12.0. The lowest BCUT2D eigenvalue weighted by Gasteiger charge is -2.27. The molecular weight excluding hydrogens is 496 g/mol. The number of pyridine rings is 1. The number of halogens is 2. The number of methoxy groups -OCH3 is 1. The average molecular weight is 526 g/mol. The van der Waals surface area contributed by atoms with Crippen molar-refractivity contribution in [1.82, 2.24) is 4.98 Å². The number of carbonyl (C=O) groups is 3. The van der Waals surface area contributed by atoms with Crippen LogP contribution < -0.4 is 9.47 Å². The van der Waals surface area contributed by atoms with Crippen LogP contribution in [0.15, 0.2) is 54.7 Å². The Kier molecular flexibility index (Phi) is 9.28. The molecule has 0 spiro atoms. The fourth-order valence-electron chi connectivity index (χ4n) is 4.09. The van der Waals surface area contributed by atoms with Crippen LogP contribution in [0.1, 0.15) is 60.3 Å². The van der Waals surface area contributed by atoms with Gasteiger partial charge in [-0.15, -0.1) is 0 Å². The van der Waals surface area contributed by atoms with Crippen LogP contribution in [0.2, 0.25) is 0 Å². The molecule has 9 heteroatoms. The second-order valence-corrected chi connectivity index (χ2v) is 9.01. The molecule has 3 rings (SSSR count). The van der Waals surface area contributed by atoms with Crippen LogP contribution in [-0.2, 0) is 14.3 Å². The maximum atomic E-state index is 14.8. The Balaban J connectivity index is 1.82. The lowest BCUT2D eigenvalue weighted by Crippen LogP contribution is -2.28. The van der Waals surface area contributed by atoms with E-state index in [1.807, 2.05) is 19.1 Å². The van der Waals surface area contributed by atoms with Crippen molar-refractivity contribution in [2.75, 3.05) is 7.11 Å². The molecule has 2 aromatic carbocycles. The van der Waals surface area contributed by atoms with E-state index >= 15 is 0 Å². The Morgan fingerprint density at radius 3 is 2.29 bits per heavy atom. The number of aromatic nitrogens is 1. The van der Waals surface area contributed by atoms with Gasteiger partial charge in [-0.2, -0.15) is 0 Å². The predicted octanol–water partition coefficient (Wildman–Crippen LogP) is 5.57. The molecule has 38 heavy (non-hydrogen) atoms. The van der Waals surface area contributed by atoms with E-state index in [0.29, 0.717) is 5.56 Å². The third-order valence-electron chi connectivity index (χ3n) is 6.00. The number of hydrogen-bond acceptors (Lipinski definition) is 7. The third-order valence-corrected chi connectivity index (χ3v) is 6.00. The molecule has 0 aliphatic rings. The topological polar surface area (TPSA) is 91.8 Å². The number of benzene rings is 2. The molecule has 0 bridgehead atoms. The number of ketones is 1. The van der Waals surface area contributed by atoms with Gasteiger partial charge in [-0.3, -0.25) is 14.4 Å². The van der Waals surface area contributed by atoms with Crippen molar-refractivity contribution in [3.63, 3.8) is 0 Å². The summed E-state index contributed by atoms with van der Waals surface area (Å²) in [5, 5.41) is 0. The first-order valence-corrected chi connectivity index (χ1v) is 12.0.